The first-order chi connectivity index (χ1) is 19.0. The molecule has 0 spiro atoms. The first-order valence-corrected chi connectivity index (χ1v) is 14.4. The van der Waals surface area contributed by atoms with Gasteiger partial charge in [0.05, 0.1) is 22.0 Å². The third kappa shape index (κ3) is 5.16. The maximum atomic E-state index is 13.9. The van der Waals surface area contributed by atoms with Crippen molar-refractivity contribution in [2.24, 2.45) is 11.1 Å². The monoisotopic (exact) mass is 615 g/mol. The van der Waals surface area contributed by atoms with Crippen LogP contribution in [0.3, 0.4) is 0 Å². The fourth-order valence-electron chi connectivity index (χ4n) is 5.80. The van der Waals surface area contributed by atoms with Crippen molar-refractivity contribution >= 4 is 39.0 Å². The minimum absolute atomic E-state index is 0.0430. The Labute approximate surface area is 249 Å². The predicted octanol–water partition coefficient (Wildman–Crippen LogP) is 8.24. The van der Waals surface area contributed by atoms with E-state index in [0.29, 0.717) is 41.4 Å². The molecule has 1 heterocycles. The van der Waals surface area contributed by atoms with Gasteiger partial charge in [0, 0.05) is 28.4 Å². The molecule has 0 radical (unpaired) electrons. The van der Waals surface area contributed by atoms with Crippen LogP contribution in [-0.2, 0) is 11.4 Å². The van der Waals surface area contributed by atoms with Crippen LogP contribution >= 0.6 is 27.5 Å². The molecule has 1 unspecified atom stereocenters. The summed E-state index contributed by atoms with van der Waals surface area (Å²) in [5, 5.41) is 11.1. The first kappa shape index (κ1) is 28.0. The van der Waals surface area contributed by atoms with Crippen LogP contribution in [-0.4, -0.2) is 5.78 Å². The van der Waals surface area contributed by atoms with Crippen LogP contribution in [0.1, 0.15) is 54.9 Å². The number of nitrogens with zero attached hydrogens (tertiary/aromatic N) is 2. The van der Waals surface area contributed by atoms with Gasteiger partial charge < -0.3 is 10.5 Å². The predicted molar refractivity (Wildman–Crippen MR) is 163 cm³/mol. The second-order valence-electron chi connectivity index (χ2n) is 11.3. The van der Waals surface area contributed by atoms with E-state index in [1.807, 2.05) is 55.1 Å². The van der Waals surface area contributed by atoms with Gasteiger partial charge in [0.25, 0.3) is 0 Å². The van der Waals surface area contributed by atoms with Crippen molar-refractivity contribution in [1.82, 2.24) is 0 Å². The van der Waals surface area contributed by atoms with Gasteiger partial charge in [0.15, 0.2) is 5.78 Å². The summed E-state index contributed by atoms with van der Waals surface area (Å²) >= 11 is 9.72. The van der Waals surface area contributed by atoms with Crippen LogP contribution in [0, 0.1) is 30.6 Å². The van der Waals surface area contributed by atoms with Gasteiger partial charge in [-0.05, 0) is 100 Å². The molecule has 0 amide bonds. The quantitative estimate of drug-likeness (QED) is 0.312. The number of nitrogens with two attached hydrogens (primary N) is 1. The van der Waals surface area contributed by atoms with Crippen molar-refractivity contribution in [3.63, 3.8) is 0 Å². The molecule has 3 aromatic carbocycles. The molecule has 5 nitrogen and oxygen atoms in total. The lowest BCUT2D eigenvalue weighted by atomic mass is 9.68. The third-order valence-corrected chi connectivity index (χ3v) is 8.63. The summed E-state index contributed by atoms with van der Waals surface area (Å²) in [5.74, 6) is 0.568. The number of hydrogen-bond donors (Lipinski definition) is 1. The Kier molecular flexibility index (Phi) is 7.56. The summed E-state index contributed by atoms with van der Waals surface area (Å²) in [4.78, 5) is 15.8. The summed E-state index contributed by atoms with van der Waals surface area (Å²) < 4.78 is 7.03. The Bertz CT molecular complexity index is 1620. The second kappa shape index (κ2) is 10.8. The van der Waals surface area contributed by atoms with Crippen molar-refractivity contribution in [1.29, 1.82) is 5.26 Å². The SMILES string of the molecule is Cc1cc(C)c(C2C(C#N)=C(N)N(c3ccc(Cl)cc3)C3=C2C(=O)CC(C)(C)C3)cc1COc1ccccc1Br. The molecule has 3 aromatic rings. The summed E-state index contributed by atoms with van der Waals surface area (Å²) in [5.41, 5.74) is 13.1. The molecule has 5 rings (SSSR count). The molecule has 0 saturated carbocycles. The summed E-state index contributed by atoms with van der Waals surface area (Å²) in [6.45, 7) is 8.61. The molecule has 40 heavy (non-hydrogen) atoms. The summed E-state index contributed by atoms with van der Waals surface area (Å²) in [6, 6.07) is 21.6. The van der Waals surface area contributed by atoms with E-state index < -0.39 is 5.92 Å². The lowest BCUT2D eigenvalue weighted by Crippen LogP contribution is -2.42. The van der Waals surface area contributed by atoms with Crippen molar-refractivity contribution < 1.29 is 9.53 Å². The van der Waals surface area contributed by atoms with Gasteiger partial charge in [-0.2, -0.15) is 5.26 Å². The second-order valence-corrected chi connectivity index (χ2v) is 12.6. The van der Waals surface area contributed by atoms with Crippen LogP contribution in [0.5, 0.6) is 5.75 Å². The Morgan fingerprint density at radius 3 is 2.48 bits per heavy atom. The van der Waals surface area contributed by atoms with Crippen LogP contribution < -0.4 is 15.4 Å². The minimum Gasteiger partial charge on any atom is -0.488 e. The number of benzene rings is 3. The number of rotatable bonds is 5. The van der Waals surface area contributed by atoms with E-state index in [1.54, 1.807) is 12.1 Å². The van der Waals surface area contributed by atoms with E-state index in [4.69, 9.17) is 22.1 Å². The zero-order valence-corrected chi connectivity index (χ0v) is 25.4. The number of carbonyl (C=O) groups is 1. The average molecular weight is 617 g/mol. The maximum Gasteiger partial charge on any atom is 0.162 e. The zero-order valence-electron chi connectivity index (χ0n) is 23.0. The minimum atomic E-state index is -0.560. The number of nitriles is 1. The fraction of sp³-hybridized carbons (Fsp3) is 0.273. The number of halogens is 2. The number of carbonyl (C=O) groups excluding carboxylic acids is 1. The summed E-state index contributed by atoms with van der Waals surface area (Å²) in [7, 11) is 0. The van der Waals surface area contributed by atoms with Gasteiger partial charge in [0.1, 0.15) is 18.2 Å². The summed E-state index contributed by atoms with van der Waals surface area (Å²) in [6.07, 6.45) is 1.05. The lowest BCUT2D eigenvalue weighted by Gasteiger charge is -2.44. The molecule has 0 saturated heterocycles. The Balaban J connectivity index is 1.66. The molecule has 2 N–H and O–H groups in total. The highest BCUT2D eigenvalue weighted by molar-refractivity contribution is 9.10. The van der Waals surface area contributed by atoms with Crippen molar-refractivity contribution in [2.75, 3.05) is 4.90 Å². The van der Waals surface area contributed by atoms with Crippen molar-refractivity contribution in [3.05, 3.63) is 115 Å². The smallest absolute Gasteiger partial charge is 0.162 e. The molecule has 0 bridgehead atoms. The Morgan fingerprint density at radius 2 is 1.80 bits per heavy atom. The molecule has 2 aliphatic rings. The highest BCUT2D eigenvalue weighted by Crippen LogP contribution is 2.51. The molecule has 0 aromatic heterocycles. The Morgan fingerprint density at radius 1 is 1.10 bits per heavy atom. The van der Waals surface area contributed by atoms with Crippen LogP contribution in [0.25, 0.3) is 0 Å². The van der Waals surface area contributed by atoms with Crippen LogP contribution in [0.15, 0.2) is 87.8 Å². The number of ketones is 1. The fourth-order valence-corrected chi connectivity index (χ4v) is 6.33. The molecule has 7 heteroatoms. The molecular weight excluding hydrogens is 586 g/mol. The van der Waals surface area contributed by atoms with E-state index in [1.165, 1.54) is 0 Å². The average Bonchev–Trinajstić information content (AvgIpc) is 2.89. The van der Waals surface area contributed by atoms with E-state index in [2.05, 4.69) is 48.0 Å². The van der Waals surface area contributed by atoms with Crippen LogP contribution in [0.4, 0.5) is 5.69 Å². The van der Waals surface area contributed by atoms with Gasteiger partial charge in [-0.25, -0.2) is 0 Å². The van der Waals surface area contributed by atoms with Gasteiger partial charge in [-0.1, -0.05) is 49.7 Å². The highest BCUT2D eigenvalue weighted by atomic mass is 79.9. The molecule has 1 atom stereocenters. The van der Waals surface area contributed by atoms with Gasteiger partial charge >= 0.3 is 0 Å². The van der Waals surface area contributed by atoms with E-state index in [9.17, 15) is 10.1 Å². The maximum absolute atomic E-state index is 13.9. The standard InChI is InChI=1S/C33H31BrClN3O2/c1-19-13-20(2)24(14-21(19)18-40-29-8-6-5-7-26(29)34)30-25(17-36)32(37)38(23-11-9-22(35)10-12-23)27-15-33(3,4)16-28(39)31(27)30/h5-14,30H,15-16,18,37H2,1-4H3. The third-order valence-electron chi connectivity index (χ3n) is 7.72. The lowest BCUT2D eigenvalue weighted by molar-refractivity contribution is -0.118. The number of Topliss-reactive ketones (excluding diaryl/α,β-unsaturated/α-hetero) is 1. The normalized spacial score (nSPS) is 18.5. The highest BCUT2D eigenvalue weighted by Gasteiger charge is 2.45. The number of para-hydroxylation sites is 1. The topological polar surface area (TPSA) is 79.4 Å². The van der Waals surface area contributed by atoms with Crippen LogP contribution in [0.2, 0.25) is 5.02 Å². The number of anilines is 1. The molecule has 1 aliphatic heterocycles. The van der Waals surface area contributed by atoms with Gasteiger partial charge in [-0.3, -0.25) is 9.69 Å². The van der Waals surface area contributed by atoms with Crippen molar-refractivity contribution in [3.8, 4) is 11.8 Å². The largest absolute Gasteiger partial charge is 0.488 e. The number of allylic oxidation sites excluding steroid dienone is 3. The number of ether oxygens (including phenoxy) is 1. The number of aryl methyl sites for hydroxylation is 2. The van der Waals surface area contributed by atoms with Gasteiger partial charge in [0.2, 0.25) is 0 Å². The first-order valence-electron chi connectivity index (χ1n) is 13.2. The van der Waals surface area contributed by atoms with E-state index in [-0.39, 0.29) is 11.2 Å². The zero-order chi connectivity index (χ0) is 28.8. The van der Waals surface area contributed by atoms with Crippen molar-refractivity contribution in [2.45, 2.75) is 53.1 Å². The Hall–Kier alpha value is -3.53. The molecule has 0 fully saturated rings. The van der Waals surface area contributed by atoms with Gasteiger partial charge in [-0.15, -0.1) is 0 Å². The molecular formula is C33H31BrClN3O2. The van der Waals surface area contributed by atoms with E-state index >= 15 is 0 Å². The molecule has 1 aliphatic carbocycles. The number of hydrogen-bond acceptors (Lipinski definition) is 5. The van der Waals surface area contributed by atoms with E-state index in [0.717, 1.165) is 43.9 Å². The molecule has 204 valence electrons.